The molecule has 0 unspecified atom stereocenters. The van der Waals surface area contributed by atoms with Crippen LogP contribution < -0.4 is 5.46 Å². The van der Waals surface area contributed by atoms with E-state index in [1.54, 1.807) is 0 Å². The second-order valence-corrected chi connectivity index (χ2v) is 3.23. The van der Waals surface area contributed by atoms with Gasteiger partial charge in [0.05, 0.1) is 0 Å². The number of carbonyl (C=O) groups excluding carboxylic acids is 1. The highest BCUT2D eigenvalue weighted by atomic mass is 16.1. The minimum atomic E-state index is 0.733. The maximum Gasteiger partial charge on any atom is 0.150 e. The molecule has 0 saturated heterocycles. The molecule has 0 spiro atoms. The van der Waals surface area contributed by atoms with Gasteiger partial charge in [-0.15, -0.1) is 0 Å². The van der Waals surface area contributed by atoms with Gasteiger partial charge in [0.15, 0.2) is 0 Å². The van der Waals surface area contributed by atoms with E-state index in [0.29, 0.717) is 0 Å². The highest BCUT2D eigenvalue weighted by Gasteiger charge is 1.95. The molecule has 2 heteroatoms. The van der Waals surface area contributed by atoms with E-state index in [9.17, 15) is 4.79 Å². The lowest BCUT2D eigenvalue weighted by Crippen LogP contribution is -1.99. The summed E-state index contributed by atoms with van der Waals surface area (Å²) in [5.41, 5.74) is 1.97. The topological polar surface area (TPSA) is 17.1 Å². The number of fused-ring (bicyclic) bond motifs is 1. The number of benzene rings is 2. The Morgan fingerprint density at radius 3 is 2.46 bits per heavy atom. The first-order valence-corrected chi connectivity index (χ1v) is 4.25. The molecule has 0 fully saturated rings. The number of carbonyl (C=O) groups is 1. The number of aldehydes is 1. The molecular weight excluding hydrogens is 159 g/mol. The minimum absolute atomic E-state index is 0.733. The first kappa shape index (κ1) is 8.05. The van der Waals surface area contributed by atoms with Crippen LogP contribution in [0.1, 0.15) is 10.4 Å². The Morgan fingerprint density at radius 2 is 1.69 bits per heavy atom. The van der Waals surface area contributed by atoms with Crippen LogP contribution in [0.3, 0.4) is 0 Å². The molecule has 2 aromatic carbocycles. The van der Waals surface area contributed by atoms with Gasteiger partial charge in [-0.05, 0) is 16.8 Å². The van der Waals surface area contributed by atoms with E-state index in [1.807, 2.05) is 24.3 Å². The molecule has 0 saturated carbocycles. The highest BCUT2D eigenvalue weighted by Crippen LogP contribution is 2.13. The molecular formula is C11H9BO. The second-order valence-electron chi connectivity index (χ2n) is 3.23. The predicted octanol–water partition coefficient (Wildman–Crippen LogP) is 0.911. The maximum absolute atomic E-state index is 10.5. The van der Waals surface area contributed by atoms with E-state index in [4.69, 9.17) is 0 Å². The third-order valence-corrected chi connectivity index (χ3v) is 2.16. The van der Waals surface area contributed by atoms with Crippen LogP contribution in [0.15, 0.2) is 36.4 Å². The fraction of sp³-hybridized carbons (Fsp3) is 0. The van der Waals surface area contributed by atoms with Crippen molar-refractivity contribution in [3.05, 3.63) is 42.0 Å². The SMILES string of the molecule is Bc1ccc2cc(C=O)ccc2c1. The molecule has 13 heavy (non-hydrogen) atoms. The van der Waals surface area contributed by atoms with Crippen LogP contribution in [-0.2, 0) is 0 Å². The maximum atomic E-state index is 10.5. The van der Waals surface area contributed by atoms with Crippen LogP contribution in [0.2, 0.25) is 0 Å². The fourth-order valence-electron chi connectivity index (χ4n) is 1.46. The van der Waals surface area contributed by atoms with Gasteiger partial charge in [-0.2, -0.15) is 0 Å². The first-order chi connectivity index (χ1) is 6.29. The van der Waals surface area contributed by atoms with Crippen molar-refractivity contribution >= 4 is 30.4 Å². The van der Waals surface area contributed by atoms with Crippen molar-refractivity contribution in [2.24, 2.45) is 0 Å². The summed E-state index contributed by atoms with van der Waals surface area (Å²) in [5, 5.41) is 2.31. The lowest BCUT2D eigenvalue weighted by Gasteiger charge is -1.99. The van der Waals surface area contributed by atoms with E-state index in [1.165, 1.54) is 10.8 Å². The Labute approximate surface area is 77.8 Å². The van der Waals surface area contributed by atoms with E-state index in [0.717, 1.165) is 17.2 Å². The molecule has 0 aromatic heterocycles. The molecule has 0 amide bonds. The summed E-state index contributed by atoms with van der Waals surface area (Å²) in [5.74, 6) is 0. The summed E-state index contributed by atoms with van der Waals surface area (Å²) < 4.78 is 0. The van der Waals surface area contributed by atoms with Gasteiger partial charge < -0.3 is 0 Å². The Bertz CT molecular complexity index is 463. The normalized spacial score (nSPS) is 10.2. The lowest BCUT2D eigenvalue weighted by atomic mass is 9.93. The van der Waals surface area contributed by atoms with Crippen LogP contribution in [0.5, 0.6) is 0 Å². The van der Waals surface area contributed by atoms with Crippen LogP contribution in [0.4, 0.5) is 0 Å². The van der Waals surface area contributed by atoms with Gasteiger partial charge in [-0.3, -0.25) is 4.79 Å². The van der Waals surface area contributed by atoms with Crippen molar-refractivity contribution < 1.29 is 4.79 Å². The molecule has 2 rings (SSSR count). The largest absolute Gasteiger partial charge is 0.298 e. The summed E-state index contributed by atoms with van der Waals surface area (Å²) in [7, 11) is 2.06. The number of rotatable bonds is 1. The average molecular weight is 168 g/mol. The zero-order valence-electron chi connectivity index (χ0n) is 7.45. The Kier molecular flexibility index (Phi) is 1.89. The van der Waals surface area contributed by atoms with E-state index in [-0.39, 0.29) is 0 Å². The Hall–Kier alpha value is -1.57. The molecule has 0 aliphatic heterocycles. The van der Waals surface area contributed by atoms with Gasteiger partial charge in [0.1, 0.15) is 14.1 Å². The molecule has 0 heterocycles. The Balaban J connectivity index is 2.73. The second kappa shape index (κ2) is 3.06. The zero-order valence-corrected chi connectivity index (χ0v) is 7.45. The predicted molar refractivity (Wildman–Crippen MR) is 57.5 cm³/mol. The quantitative estimate of drug-likeness (QED) is 0.456. The summed E-state index contributed by atoms with van der Waals surface area (Å²) in [6, 6.07) is 11.9. The third kappa shape index (κ3) is 1.48. The molecule has 0 aliphatic rings. The van der Waals surface area contributed by atoms with Crippen molar-refractivity contribution in [2.75, 3.05) is 0 Å². The lowest BCUT2D eigenvalue weighted by molar-refractivity contribution is 0.112. The summed E-state index contributed by atoms with van der Waals surface area (Å²) >= 11 is 0. The molecule has 2 aromatic rings. The van der Waals surface area contributed by atoms with Gasteiger partial charge in [0, 0.05) is 5.56 Å². The van der Waals surface area contributed by atoms with Crippen molar-refractivity contribution in [1.29, 1.82) is 0 Å². The zero-order chi connectivity index (χ0) is 9.26. The summed E-state index contributed by atoms with van der Waals surface area (Å²) in [4.78, 5) is 10.5. The van der Waals surface area contributed by atoms with Crippen LogP contribution in [0.25, 0.3) is 10.8 Å². The van der Waals surface area contributed by atoms with E-state index in [2.05, 4.69) is 20.0 Å². The van der Waals surface area contributed by atoms with Crippen LogP contribution >= 0.6 is 0 Å². The van der Waals surface area contributed by atoms with Gasteiger partial charge >= 0.3 is 0 Å². The van der Waals surface area contributed by atoms with Crippen molar-refractivity contribution in [2.45, 2.75) is 0 Å². The first-order valence-electron chi connectivity index (χ1n) is 4.25. The number of hydrogen-bond donors (Lipinski definition) is 0. The molecule has 0 radical (unpaired) electrons. The smallest absolute Gasteiger partial charge is 0.150 e. The standard InChI is InChI=1S/C11H9BO/c12-11-4-3-9-5-8(7-13)1-2-10(9)6-11/h1-7H,12H2. The molecule has 0 bridgehead atoms. The monoisotopic (exact) mass is 168 g/mol. The van der Waals surface area contributed by atoms with Gasteiger partial charge in [0.25, 0.3) is 0 Å². The average Bonchev–Trinajstić information content (AvgIpc) is 2.17. The minimum Gasteiger partial charge on any atom is -0.298 e. The molecule has 1 nitrogen and oxygen atoms in total. The van der Waals surface area contributed by atoms with Crippen molar-refractivity contribution in [3.8, 4) is 0 Å². The molecule has 0 aliphatic carbocycles. The van der Waals surface area contributed by atoms with Crippen molar-refractivity contribution in [3.63, 3.8) is 0 Å². The van der Waals surface area contributed by atoms with Gasteiger partial charge in [-0.25, -0.2) is 0 Å². The summed E-state index contributed by atoms with van der Waals surface area (Å²) in [6.07, 6.45) is 0.874. The third-order valence-electron chi connectivity index (χ3n) is 2.16. The van der Waals surface area contributed by atoms with Gasteiger partial charge in [0.2, 0.25) is 0 Å². The van der Waals surface area contributed by atoms with Gasteiger partial charge in [-0.1, -0.05) is 35.8 Å². The van der Waals surface area contributed by atoms with E-state index >= 15 is 0 Å². The number of hydrogen-bond acceptors (Lipinski definition) is 1. The van der Waals surface area contributed by atoms with Crippen LogP contribution in [0, 0.1) is 0 Å². The highest BCUT2D eigenvalue weighted by molar-refractivity contribution is 6.33. The molecule has 0 N–H and O–H groups in total. The molecule has 62 valence electrons. The Morgan fingerprint density at radius 1 is 1.00 bits per heavy atom. The molecule has 0 atom stereocenters. The fourth-order valence-corrected chi connectivity index (χ4v) is 1.46. The van der Waals surface area contributed by atoms with Crippen LogP contribution in [-0.4, -0.2) is 14.1 Å². The van der Waals surface area contributed by atoms with E-state index < -0.39 is 0 Å². The summed E-state index contributed by atoms with van der Waals surface area (Å²) in [6.45, 7) is 0. The van der Waals surface area contributed by atoms with Crippen molar-refractivity contribution in [1.82, 2.24) is 0 Å².